The van der Waals surface area contributed by atoms with E-state index >= 15 is 0 Å². The third-order valence-corrected chi connectivity index (χ3v) is 1.91. The van der Waals surface area contributed by atoms with Crippen molar-refractivity contribution in [2.75, 3.05) is 12.1 Å². The smallest absolute Gasteiger partial charge is 0.238 e. The minimum absolute atomic E-state index is 0.153. The summed E-state index contributed by atoms with van der Waals surface area (Å²) in [5.41, 5.74) is 0.533. The van der Waals surface area contributed by atoms with E-state index in [9.17, 15) is 4.79 Å². The zero-order valence-corrected chi connectivity index (χ0v) is 7.82. The number of carbonyl (C=O) groups excluding carboxylic acids is 1. The average Bonchev–Trinajstić information content (AvgIpc) is 2.67. The van der Waals surface area contributed by atoms with Gasteiger partial charge in [-0.3, -0.25) is 4.79 Å². The van der Waals surface area contributed by atoms with E-state index in [0.717, 1.165) is 0 Å². The Morgan fingerprint density at radius 2 is 2.40 bits per heavy atom. The molecule has 1 N–H and O–H groups in total. The van der Waals surface area contributed by atoms with Crippen molar-refractivity contribution in [1.29, 1.82) is 5.26 Å². The highest BCUT2D eigenvalue weighted by Crippen LogP contribution is 2.38. The molecule has 0 saturated heterocycles. The van der Waals surface area contributed by atoms with Crippen LogP contribution in [0.15, 0.2) is 18.2 Å². The molecule has 1 amide bonds. The number of rotatable bonds is 2. The number of amides is 1. The summed E-state index contributed by atoms with van der Waals surface area (Å²) < 4.78 is 10.3. The van der Waals surface area contributed by atoms with Gasteiger partial charge in [0.1, 0.15) is 6.42 Å². The van der Waals surface area contributed by atoms with Crippen LogP contribution in [0.5, 0.6) is 11.5 Å². The molecule has 1 aromatic rings. The molecule has 0 bridgehead atoms. The van der Waals surface area contributed by atoms with E-state index in [1.54, 1.807) is 24.3 Å². The van der Waals surface area contributed by atoms with Crippen LogP contribution in [0.1, 0.15) is 6.42 Å². The Kier molecular flexibility index (Phi) is 2.42. The Balaban J connectivity index is 2.19. The molecule has 0 unspecified atom stereocenters. The molecule has 15 heavy (non-hydrogen) atoms. The third kappa shape index (κ3) is 1.83. The zero-order valence-electron chi connectivity index (χ0n) is 7.82. The number of nitriles is 1. The van der Waals surface area contributed by atoms with Crippen LogP contribution in [0.2, 0.25) is 0 Å². The monoisotopic (exact) mass is 204 g/mol. The second-order valence-corrected chi connectivity index (χ2v) is 2.92. The summed E-state index contributed by atoms with van der Waals surface area (Å²) >= 11 is 0. The van der Waals surface area contributed by atoms with Gasteiger partial charge < -0.3 is 14.8 Å². The van der Waals surface area contributed by atoms with E-state index in [4.69, 9.17) is 14.7 Å². The molecule has 1 aliphatic rings. The molecule has 1 heterocycles. The highest BCUT2D eigenvalue weighted by molar-refractivity contribution is 5.94. The van der Waals surface area contributed by atoms with E-state index in [0.29, 0.717) is 17.2 Å². The van der Waals surface area contributed by atoms with Crippen LogP contribution in [0.25, 0.3) is 0 Å². The van der Waals surface area contributed by atoms with Crippen molar-refractivity contribution in [3.05, 3.63) is 18.2 Å². The molecule has 0 aliphatic carbocycles. The molecule has 1 aliphatic heterocycles. The Morgan fingerprint density at radius 3 is 3.20 bits per heavy atom. The maximum Gasteiger partial charge on any atom is 0.238 e. The number of hydrogen-bond acceptors (Lipinski definition) is 4. The van der Waals surface area contributed by atoms with Gasteiger partial charge in [0.2, 0.25) is 12.7 Å². The van der Waals surface area contributed by atoms with Gasteiger partial charge in [-0.05, 0) is 12.1 Å². The maximum atomic E-state index is 11.2. The Hall–Kier alpha value is -2.22. The minimum Gasteiger partial charge on any atom is -0.454 e. The van der Waals surface area contributed by atoms with Crippen molar-refractivity contribution in [2.45, 2.75) is 6.42 Å². The molecule has 5 nitrogen and oxygen atoms in total. The number of anilines is 1. The molecule has 2 rings (SSSR count). The summed E-state index contributed by atoms with van der Waals surface area (Å²) in [5.74, 6) is 0.759. The van der Waals surface area contributed by atoms with Crippen LogP contribution >= 0.6 is 0 Å². The Morgan fingerprint density at radius 1 is 1.53 bits per heavy atom. The van der Waals surface area contributed by atoms with Gasteiger partial charge >= 0.3 is 0 Å². The van der Waals surface area contributed by atoms with Crippen LogP contribution < -0.4 is 14.8 Å². The first-order chi connectivity index (χ1) is 7.31. The van der Waals surface area contributed by atoms with Crippen molar-refractivity contribution < 1.29 is 14.3 Å². The van der Waals surface area contributed by atoms with E-state index < -0.39 is 0 Å². The molecule has 0 fully saturated rings. The summed E-state index contributed by atoms with van der Waals surface area (Å²) in [5, 5.41) is 10.9. The molecule has 5 heteroatoms. The number of ether oxygens (including phenoxy) is 2. The minimum atomic E-state index is -0.360. The summed E-state index contributed by atoms with van der Waals surface area (Å²) in [6.45, 7) is 0.153. The lowest BCUT2D eigenvalue weighted by Crippen LogP contribution is -2.10. The van der Waals surface area contributed by atoms with Crippen LogP contribution in [-0.2, 0) is 4.79 Å². The molecule has 0 radical (unpaired) electrons. The molecule has 0 saturated carbocycles. The molecular formula is C10H8N2O3. The summed E-state index contributed by atoms with van der Waals surface area (Å²) in [7, 11) is 0. The van der Waals surface area contributed by atoms with Gasteiger partial charge in [-0.15, -0.1) is 0 Å². The van der Waals surface area contributed by atoms with Crippen molar-refractivity contribution >= 4 is 11.6 Å². The lowest BCUT2D eigenvalue weighted by atomic mass is 10.2. The van der Waals surface area contributed by atoms with E-state index in [2.05, 4.69) is 5.32 Å². The standard InChI is InChI=1S/C10H8N2O3/c11-5-4-9(13)12-7-2-1-3-8-10(7)15-6-14-8/h1-3H,4,6H2,(H,12,13). The Bertz CT molecular complexity index is 437. The normalized spacial score (nSPS) is 11.9. The van der Waals surface area contributed by atoms with Gasteiger partial charge in [-0.2, -0.15) is 5.26 Å². The largest absolute Gasteiger partial charge is 0.454 e. The number of nitrogens with one attached hydrogen (secondary N) is 1. The number of nitrogens with zero attached hydrogens (tertiary/aromatic N) is 1. The van der Waals surface area contributed by atoms with Crippen molar-refractivity contribution in [3.8, 4) is 17.6 Å². The number of hydrogen-bond donors (Lipinski definition) is 1. The molecule has 1 aromatic carbocycles. The predicted molar refractivity (Wildman–Crippen MR) is 51.4 cm³/mol. The van der Waals surface area contributed by atoms with Crippen LogP contribution in [0.3, 0.4) is 0 Å². The fourth-order valence-electron chi connectivity index (χ4n) is 1.29. The third-order valence-electron chi connectivity index (χ3n) is 1.91. The first kappa shape index (κ1) is 9.34. The van der Waals surface area contributed by atoms with Crippen molar-refractivity contribution in [1.82, 2.24) is 0 Å². The summed E-state index contributed by atoms with van der Waals surface area (Å²) in [4.78, 5) is 11.2. The number of benzene rings is 1. The summed E-state index contributed by atoms with van der Waals surface area (Å²) in [6, 6.07) is 6.97. The second-order valence-electron chi connectivity index (χ2n) is 2.92. The lowest BCUT2D eigenvalue weighted by molar-refractivity contribution is -0.115. The van der Waals surface area contributed by atoms with Gasteiger partial charge in [0.25, 0.3) is 0 Å². The van der Waals surface area contributed by atoms with Gasteiger partial charge in [-0.1, -0.05) is 6.07 Å². The number of fused-ring (bicyclic) bond motifs is 1. The lowest BCUT2D eigenvalue weighted by Gasteiger charge is -2.05. The fraction of sp³-hybridized carbons (Fsp3) is 0.200. The van der Waals surface area contributed by atoms with Crippen LogP contribution in [0, 0.1) is 11.3 Å². The molecule has 0 spiro atoms. The van der Waals surface area contributed by atoms with Gasteiger partial charge in [0, 0.05) is 0 Å². The van der Waals surface area contributed by atoms with Gasteiger partial charge in [0.15, 0.2) is 11.5 Å². The van der Waals surface area contributed by atoms with Crippen molar-refractivity contribution in [2.24, 2.45) is 0 Å². The number of carbonyl (C=O) groups is 1. The first-order valence-corrected chi connectivity index (χ1v) is 4.36. The first-order valence-electron chi connectivity index (χ1n) is 4.36. The topological polar surface area (TPSA) is 71.4 Å². The highest BCUT2D eigenvalue weighted by atomic mass is 16.7. The second kappa shape index (κ2) is 3.88. The van der Waals surface area contributed by atoms with Crippen LogP contribution in [0.4, 0.5) is 5.69 Å². The van der Waals surface area contributed by atoms with Gasteiger partial charge in [-0.25, -0.2) is 0 Å². The molecular weight excluding hydrogens is 196 g/mol. The molecule has 76 valence electrons. The van der Waals surface area contributed by atoms with E-state index in [-0.39, 0.29) is 19.1 Å². The summed E-state index contributed by atoms with van der Waals surface area (Å²) in [6.07, 6.45) is -0.176. The predicted octanol–water partition coefficient (Wildman–Crippen LogP) is 1.27. The molecule has 0 aromatic heterocycles. The highest BCUT2D eigenvalue weighted by Gasteiger charge is 2.18. The maximum absolute atomic E-state index is 11.2. The number of para-hydroxylation sites is 1. The Labute approximate surface area is 86.2 Å². The fourth-order valence-corrected chi connectivity index (χ4v) is 1.29. The van der Waals surface area contributed by atoms with E-state index in [1.165, 1.54) is 0 Å². The van der Waals surface area contributed by atoms with Crippen LogP contribution in [-0.4, -0.2) is 12.7 Å². The average molecular weight is 204 g/mol. The van der Waals surface area contributed by atoms with E-state index in [1.807, 2.05) is 0 Å². The SMILES string of the molecule is N#CCC(=O)Nc1cccc2c1OCO2. The van der Waals surface area contributed by atoms with Gasteiger partial charge in [0.05, 0.1) is 11.8 Å². The zero-order chi connectivity index (χ0) is 10.7. The molecule has 0 atom stereocenters. The quantitative estimate of drug-likeness (QED) is 0.787. The van der Waals surface area contributed by atoms with Crippen molar-refractivity contribution in [3.63, 3.8) is 0 Å².